The van der Waals surface area contributed by atoms with Crippen molar-refractivity contribution in [2.45, 2.75) is 18.6 Å². The highest BCUT2D eigenvalue weighted by atomic mass is 35.5. The second-order valence-electron chi connectivity index (χ2n) is 4.97. The zero-order valence-corrected chi connectivity index (χ0v) is 13.4. The fraction of sp³-hybridized carbons (Fsp3) is 0.250. The van der Waals surface area contributed by atoms with Crippen LogP contribution in [-0.4, -0.2) is 23.2 Å². The van der Waals surface area contributed by atoms with Crippen molar-refractivity contribution in [2.75, 3.05) is 7.11 Å². The molecule has 0 bridgehead atoms. The molecular weight excluding hydrogens is 320 g/mol. The molecule has 2 aromatic carbocycles. The molecule has 7 heteroatoms. The van der Waals surface area contributed by atoms with Gasteiger partial charge < -0.3 is 15.6 Å². The summed E-state index contributed by atoms with van der Waals surface area (Å²) in [5, 5.41) is 21.3. The Hall–Kier alpha value is -2.15. The van der Waals surface area contributed by atoms with Crippen LogP contribution in [-0.2, 0) is 6.42 Å². The maximum Gasteiger partial charge on any atom is 0.311 e. The van der Waals surface area contributed by atoms with Gasteiger partial charge in [0.2, 0.25) is 0 Å². The van der Waals surface area contributed by atoms with Gasteiger partial charge in [-0.25, -0.2) is 0 Å². The van der Waals surface area contributed by atoms with Gasteiger partial charge in [0.25, 0.3) is 0 Å². The van der Waals surface area contributed by atoms with Crippen LogP contribution in [0.25, 0.3) is 0 Å². The SMILES string of the molecule is COc1ccc([C@H](N)[C@H](O)Cc2ccccc2)cc1[N+](=O)[O-].Cl. The topological polar surface area (TPSA) is 98.6 Å². The summed E-state index contributed by atoms with van der Waals surface area (Å²) in [6, 6.07) is 13.2. The van der Waals surface area contributed by atoms with Crippen LogP contribution in [0, 0.1) is 10.1 Å². The Morgan fingerprint density at radius 2 is 1.91 bits per heavy atom. The summed E-state index contributed by atoms with van der Waals surface area (Å²) < 4.78 is 4.95. The summed E-state index contributed by atoms with van der Waals surface area (Å²) in [5.74, 6) is 0.165. The number of halogens is 1. The summed E-state index contributed by atoms with van der Waals surface area (Å²) in [6.45, 7) is 0. The molecule has 3 N–H and O–H groups in total. The van der Waals surface area contributed by atoms with Crippen LogP contribution in [0.5, 0.6) is 5.75 Å². The molecule has 0 aliphatic rings. The first-order chi connectivity index (χ1) is 10.5. The van der Waals surface area contributed by atoms with E-state index in [4.69, 9.17) is 10.5 Å². The third-order valence-corrected chi connectivity index (χ3v) is 3.49. The molecule has 2 atom stereocenters. The highest BCUT2D eigenvalue weighted by Crippen LogP contribution is 2.30. The molecule has 2 rings (SSSR count). The van der Waals surface area contributed by atoms with E-state index in [0.29, 0.717) is 12.0 Å². The van der Waals surface area contributed by atoms with E-state index >= 15 is 0 Å². The van der Waals surface area contributed by atoms with E-state index in [0.717, 1.165) is 5.56 Å². The molecule has 0 amide bonds. The van der Waals surface area contributed by atoms with Gasteiger partial charge in [-0.1, -0.05) is 36.4 Å². The van der Waals surface area contributed by atoms with Crippen molar-refractivity contribution in [1.82, 2.24) is 0 Å². The van der Waals surface area contributed by atoms with Gasteiger partial charge in [-0.15, -0.1) is 12.4 Å². The standard InChI is InChI=1S/C16H18N2O4.ClH/c1-22-15-8-7-12(10-13(15)18(20)21)16(17)14(19)9-11-5-3-2-4-6-11;/h2-8,10,14,16,19H,9,17H2,1H3;1H/t14-,16+;/m1./s1. The van der Waals surface area contributed by atoms with E-state index in [1.54, 1.807) is 6.07 Å². The molecule has 0 aliphatic heterocycles. The Kier molecular flexibility index (Phi) is 6.96. The van der Waals surface area contributed by atoms with E-state index in [1.807, 2.05) is 30.3 Å². The number of rotatable bonds is 6. The molecular formula is C16H19ClN2O4. The van der Waals surface area contributed by atoms with E-state index in [1.165, 1.54) is 19.2 Å². The zero-order chi connectivity index (χ0) is 16.1. The zero-order valence-electron chi connectivity index (χ0n) is 12.6. The molecule has 0 saturated carbocycles. The first kappa shape index (κ1) is 18.9. The van der Waals surface area contributed by atoms with Crippen LogP contribution in [0.1, 0.15) is 17.2 Å². The highest BCUT2D eigenvalue weighted by Gasteiger charge is 2.22. The summed E-state index contributed by atoms with van der Waals surface area (Å²) in [5.41, 5.74) is 7.32. The molecule has 6 nitrogen and oxygen atoms in total. The lowest BCUT2D eigenvalue weighted by Crippen LogP contribution is -2.28. The van der Waals surface area contributed by atoms with Gasteiger partial charge in [0.1, 0.15) is 0 Å². The maximum absolute atomic E-state index is 11.0. The number of ether oxygens (including phenoxy) is 1. The Morgan fingerprint density at radius 1 is 1.26 bits per heavy atom. The van der Waals surface area contributed by atoms with Gasteiger partial charge in [0.15, 0.2) is 5.75 Å². The van der Waals surface area contributed by atoms with Crippen LogP contribution in [0.4, 0.5) is 5.69 Å². The van der Waals surface area contributed by atoms with Gasteiger partial charge in [0, 0.05) is 12.5 Å². The number of nitro groups is 1. The van der Waals surface area contributed by atoms with Crippen molar-refractivity contribution in [3.8, 4) is 5.75 Å². The fourth-order valence-electron chi connectivity index (χ4n) is 2.26. The molecule has 0 aromatic heterocycles. The van der Waals surface area contributed by atoms with Crippen molar-refractivity contribution in [1.29, 1.82) is 0 Å². The van der Waals surface area contributed by atoms with E-state index in [-0.39, 0.29) is 23.8 Å². The number of benzene rings is 2. The lowest BCUT2D eigenvalue weighted by molar-refractivity contribution is -0.385. The smallest absolute Gasteiger partial charge is 0.311 e. The van der Waals surface area contributed by atoms with Crippen LogP contribution in [0.2, 0.25) is 0 Å². The third kappa shape index (κ3) is 4.66. The fourth-order valence-corrected chi connectivity index (χ4v) is 2.26. The molecule has 0 fully saturated rings. The highest BCUT2D eigenvalue weighted by molar-refractivity contribution is 5.85. The lowest BCUT2D eigenvalue weighted by Gasteiger charge is -2.19. The van der Waals surface area contributed by atoms with Crippen molar-refractivity contribution < 1.29 is 14.8 Å². The minimum atomic E-state index is -0.838. The molecule has 0 heterocycles. The van der Waals surface area contributed by atoms with Gasteiger partial charge in [0.05, 0.1) is 24.2 Å². The number of nitro benzene ring substituents is 1. The molecule has 0 aliphatic carbocycles. The quantitative estimate of drug-likeness (QED) is 0.623. The summed E-state index contributed by atoms with van der Waals surface area (Å²) >= 11 is 0. The lowest BCUT2D eigenvalue weighted by atomic mass is 9.96. The minimum absolute atomic E-state index is 0. The number of methoxy groups -OCH3 is 1. The molecule has 0 radical (unpaired) electrons. The number of nitrogens with zero attached hydrogens (tertiary/aromatic N) is 1. The average Bonchev–Trinajstić information content (AvgIpc) is 2.54. The van der Waals surface area contributed by atoms with E-state index < -0.39 is 17.1 Å². The first-order valence-electron chi connectivity index (χ1n) is 6.83. The van der Waals surface area contributed by atoms with Gasteiger partial charge in [-0.05, 0) is 17.2 Å². The number of hydrogen-bond donors (Lipinski definition) is 2. The summed E-state index contributed by atoms with van der Waals surface area (Å²) in [4.78, 5) is 10.5. The van der Waals surface area contributed by atoms with Gasteiger partial charge >= 0.3 is 5.69 Å². The van der Waals surface area contributed by atoms with Crippen molar-refractivity contribution in [3.05, 3.63) is 69.8 Å². The van der Waals surface area contributed by atoms with E-state index in [2.05, 4.69) is 0 Å². The Morgan fingerprint density at radius 3 is 2.48 bits per heavy atom. The first-order valence-corrected chi connectivity index (χ1v) is 6.83. The molecule has 124 valence electrons. The number of aliphatic hydroxyl groups is 1. The van der Waals surface area contributed by atoms with Gasteiger partial charge in [-0.3, -0.25) is 10.1 Å². The molecule has 0 unspecified atom stereocenters. The number of aliphatic hydroxyl groups excluding tert-OH is 1. The average molecular weight is 339 g/mol. The second kappa shape index (κ2) is 8.47. The predicted octanol–water partition coefficient (Wildman–Crippen LogP) is 2.63. The summed E-state index contributed by atoms with van der Waals surface area (Å²) in [7, 11) is 1.37. The third-order valence-electron chi connectivity index (χ3n) is 3.49. The largest absolute Gasteiger partial charge is 0.490 e. The number of nitrogens with two attached hydrogens (primary N) is 1. The minimum Gasteiger partial charge on any atom is -0.490 e. The van der Waals surface area contributed by atoms with Crippen molar-refractivity contribution in [2.24, 2.45) is 5.73 Å². The molecule has 23 heavy (non-hydrogen) atoms. The Labute approximate surface area is 140 Å². The molecule has 0 saturated heterocycles. The van der Waals surface area contributed by atoms with Crippen molar-refractivity contribution >= 4 is 18.1 Å². The summed E-state index contributed by atoms with van der Waals surface area (Å²) in [6.07, 6.45) is -0.461. The maximum atomic E-state index is 11.0. The monoisotopic (exact) mass is 338 g/mol. The van der Waals surface area contributed by atoms with Gasteiger partial charge in [-0.2, -0.15) is 0 Å². The van der Waals surface area contributed by atoms with E-state index in [9.17, 15) is 15.2 Å². The van der Waals surface area contributed by atoms with Crippen LogP contribution in [0.15, 0.2) is 48.5 Å². The molecule has 0 spiro atoms. The van der Waals surface area contributed by atoms with Crippen LogP contribution in [0.3, 0.4) is 0 Å². The predicted molar refractivity (Wildman–Crippen MR) is 90.0 cm³/mol. The number of hydrogen-bond acceptors (Lipinski definition) is 5. The molecule has 2 aromatic rings. The van der Waals surface area contributed by atoms with Crippen LogP contribution < -0.4 is 10.5 Å². The second-order valence-corrected chi connectivity index (χ2v) is 4.97. The normalized spacial score (nSPS) is 12.8. The van der Waals surface area contributed by atoms with Crippen LogP contribution >= 0.6 is 12.4 Å². The van der Waals surface area contributed by atoms with Crippen molar-refractivity contribution in [3.63, 3.8) is 0 Å². The Bertz CT molecular complexity index is 652. The Balaban J connectivity index is 0.00000264.